The predicted molar refractivity (Wildman–Crippen MR) is 42.8 cm³/mol. The highest BCUT2D eigenvalue weighted by Gasteiger charge is 1.93. The van der Waals surface area contributed by atoms with Crippen molar-refractivity contribution in [2.45, 2.75) is 13.8 Å². The summed E-state index contributed by atoms with van der Waals surface area (Å²) in [4.78, 5) is 0. The van der Waals surface area contributed by atoms with E-state index in [0.29, 0.717) is 11.0 Å². The number of hydrogen-bond acceptors (Lipinski definition) is 2. The molecule has 0 rings (SSSR count). The number of hydrazine groups is 1. The number of rotatable bonds is 2. The highest BCUT2D eigenvalue weighted by molar-refractivity contribution is 7.80. The third-order valence-electron chi connectivity index (χ3n) is 0.802. The fourth-order valence-electron chi connectivity index (χ4n) is 0.348. The van der Waals surface area contributed by atoms with Gasteiger partial charge in [0, 0.05) is 6.54 Å². The zero-order valence-corrected chi connectivity index (χ0v) is 6.59. The van der Waals surface area contributed by atoms with Crippen LogP contribution >= 0.6 is 12.2 Å². The lowest BCUT2D eigenvalue weighted by Crippen LogP contribution is -2.40. The highest BCUT2D eigenvalue weighted by Crippen LogP contribution is 1.85. The molecule has 0 radical (unpaired) electrons. The second kappa shape index (κ2) is 4.52. The van der Waals surface area contributed by atoms with E-state index in [2.05, 4.69) is 24.6 Å². The van der Waals surface area contributed by atoms with E-state index in [-0.39, 0.29) is 0 Å². The van der Waals surface area contributed by atoms with Gasteiger partial charge < -0.3 is 10.7 Å². The summed E-state index contributed by atoms with van der Waals surface area (Å²) in [6.07, 6.45) is 0. The predicted octanol–water partition coefficient (Wildman–Crippen LogP) is -0.0198. The first-order valence-electron chi connectivity index (χ1n) is 2.91. The maximum absolute atomic E-state index is 5.00. The van der Waals surface area contributed by atoms with E-state index >= 15 is 0 Å². The molecule has 0 aromatic heterocycles. The molecule has 0 aromatic carbocycles. The smallest absolute Gasteiger partial charge is 0.180 e. The van der Waals surface area contributed by atoms with Gasteiger partial charge in [0.1, 0.15) is 0 Å². The average molecular weight is 147 g/mol. The molecule has 0 aromatic rings. The standard InChI is InChI=1S/C5H13N3S/c1-4(2)3-7-5(9)8-6/h4H,3,6H2,1-2H3,(H2,7,8,9). The van der Waals surface area contributed by atoms with Crippen molar-refractivity contribution in [3.63, 3.8) is 0 Å². The third kappa shape index (κ3) is 5.52. The van der Waals surface area contributed by atoms with Gasteiger partial charge in [0.25, 0.3) is 0 Å². The number of nitrogens with two attached hydrogens (primary N) is 1. The maximum Gasteiger partial charge on any atom is 0.180 e. The highest BCUT2D eigenvalue weighted by atomic mass is 32.1. The van der Waals surface area contributed by atoms with Gasteiger partial charge in [0.15, 0.2) is 5.11 Å². The van der Waals surface area contributed by atoms with Crippen LogP contribution in [0.4, 0.5) is 0 Å². The topological polar surface area (TPSA) is 50.1 Å². The van der Waals surface area contributed by atoms with Crippen LogP contribution < -0.4 is 16.6 Å². The molecule has 0 aliphatic heterocycles. The minimum Gasteiger partial charge on any atom is -0.361 e. The lowest BCUT2D eigenvalue weighted by Gasteiger charge is -2.07. The average Bonchev–Trinajstić information content (AvgIpc) is 1.83. The minimum atomic E-state index is 0.503. The molecule has 9 heavy (non-hydrogen) atoms. The molecule has 0 aliphatic carbocycles. The van der Waals surface area contributed by atoms with Gasteiger partial charge in [0.05, 0.1) is 0 Å². The van der Waals surface area contributed by atoms with Crippen molar-refractivity contribution in [3.05, 3.63) is 0 Å². The van der Waals surface area contributed by atoms with Crippen LogP contribution in [0.15, 0.2) is 0 Å². The Morgan fingerprint density at radius 3 is 2.56 bits per heavy atom. The molecule has 0 saturated heterocycles. The largest absolute Gasteiger partial charge is 0.361 e. The van der Waals surface area contributed by atoms with Gasteiger partial charge in [-0.3, -0.25) is 0 Å². The molecular weight excluding hydrogens is 134 g/mol. The Kier molecular flexibility index (Phi) is 4.35. The van der Waals surface area contributed by atoms with E-state index in [1.807, 2.05) is 0 Å². The molecule has 0 spiro atoms. The molecule has 4 heteroatoms. The van der Waals surface area contributed by atoms with Gasteiger partial charge in [-0.25, -0.2) is 5.84 Å². The molecule has 0 unspecified atom stereocenters. The Balaban J connectivity index is 3.17. The molecule has 0 saturated carbocycles. The van der Waals surface area contributed by atoms with Crippen molar-refractivity contribution in [2.24, 2.45) is 11.8 Å². The summed E-state index contributed by atoms with van der Waals surface area (Å²) < 4.78 is 0. The fourth-order valence-corrected chi connectivity index (χ4v) is 0.431. The van der Waals surface area contributed by atoms with Gasteiger partial charge in [0.2, 0.25) is 0 Å². The number of thiocarbonyl (C=S) groups is 1. The van der Waals surface area contributed by atoms with E-state index in [0.717, 1.165) is 6.54 Å². The monoisotopic (exact) mass is 147 g/mol. The summed E-state index contributed by atoms with van der Waals surface area (Å²) in [7, 11) is 0. The van der Waals surface area contributed by atoms with Gasteiger partial charge in [-0.05, 0) is 18.1 Å². The van der Waals surface area contributed by atoms with Crippen LogP contribution in [-0.4, -0.2) is 11.7 Å². The molecular formula is C5H13N3S. The fraction of sp³-hybridized carbons (Fsp3) is 0.800. The van der Waals surface area contributed by atoms with E-state index in [1.54, 1.807) is 0 Å². The normalized spacial score (nSPS) is 9.33. The first kappa shape index (κ1) is 8.65. The van der Waals surface area contributed by atoms with Gasteiger partial charge in [-0.15, -0.1) is 0 Å². The Morgan fingerprint density at radius 2 is 2.22 bits per heavy atom. The summed E-state index contributed by atoms with van der Waals surface area (Å²) in [5.41, 5.74) is 2.34. The molecule has 0 fully saturated rings. The van der Waals surface area contributed by atoms with Crippen molar-refractivity contribution in [1.82, 2.24) is 10.7 Å². The van der Waals surface area contributed by atoms with E-state index in [4.69, 9.17) is 18.1 Å². The van der Waals surface area contributed by atoms with Gasteiger partial charge >= 0.3 is 0 Å². The van der Waals surface area contributed by atoms with Gasteiger partial charge in [-0.2, -0.15) is 0 Å². The van der Waals surface area contributed by atoms with Crippen LogP contribution in [0.25, 0.3) is 0 Å². The minimum absolute atomic E-state index is 0.503. The van der Waals surface area contributed by atoms with Gasteiger partial charge in [-0.1, -0.05) is 13.8 Å². The summed E-state index contributed by atoms with van der Waals surface area (Å²) in [5, 5.41) is 3.43. The van der Waals surface area contributed by atoms with Crippen molar-refractivity contribution in [2.75, 3.05) is 6.54 Å². The molecule has 0 bridgehead atoms. The SMILES string of the molecule is CC(C)CNC(=S)NN. The Hall–Kier alpha value is -0.350. The van der Waals surface area contributed by atoms with Crippen LogP contribution in [0.1, 0.15) is 13.8 Å². The quantitative estimate of drug-likeness (QED) is 0.292. The zero-order valence-electron chi connectivity index (χ0n) is 5.77. The number of hydrogen-bond donors (Lipinski definition) is 3. The third-order valence-corrected chi connectivity index (χ3v) is 1.06. The van der Waals surface area contributed by atoms with Crippen molar-refractivity contribution in [3.8, 4) is 0 Å². The van der Waals surface area contributed by atoms with Crippen LogP contribution in [-0.2, 0) is 0 Å². The van der Waals surface area contributed by atoms with Crippen LogP contribution in [0, 0.1) is 5.92 Å². The summed E-state index contributed by atoms with van der Waals surface area (Å²) >= 11 is 4.73. The number of nitrogens with one attached hydrogen (secondary N) is 2. The molecule has 0 amide bonds. The van der Waals surface area contributed by atoms with E-state index < -0.39 is 0 Å². The van der Waals surface area contributed by atoms with E-state index in [9.17, 15) is 0 Å². The maximum atomic E-state index is 5.00. The van der Waals surface area contributed by atoms with Crippen molar-refractivity contribution in [1.29, 1.82) is 0 Å². The van der Waals surface area contributed by atoms with Crippen LogP contribution in [0.5, 0.6) is 0 Å². The summed E-state index contributed by atoms with van der Waals surface area (Å²) in [6.45, 7) is 5.07. The van der Waals surface area contributed by atoms with Crippen molar-refractivity contribution < 1.29 is 0 Å². The molecule has 0 heterocycles. The molecule has 0 atom stereocenters. The molecule has 3 nitrogen and oxygen atoms in total. The van der Waals surface area contributed by atoms with Crippen LogP contribution in [0.2, 0.25) is 0 Å². The molecule has 54 valence electrons. The summed E-state index contributed by atoms with van der Waals surface area (Å²) in [5.74, 6) is 5.60. The molecule has 4 N–H and O–H groups in total. The Labute approximate surface area is 61.0 Å². The first-order valence-corrected chi connectivity index (χ1v) is 3.32. The summed E-state index contributed by atoms with van der Waals surface area (Å²) in [6, 6.07) is 0. The molecule has 0 aliphatic rings. The van der Waals surface area contributed by atoms with E-state index in [1.165, 1.54) is 0 Å². The lowest BCUT2D eigenvalue weighted by atomic mass is 10.2. The Morgan fingerprint density at radius 1 is 1.67 bits per heavy atom. The zero-order chi connectivity index (χ0) is 7.28. The second-order valence-electron chi connectivity index (χ2n) is 2.25. The second-order valence-corrected chi connectivity index (χ2v) is 2.66. The Bertz CT molecular complexity index is 92.2. The van der Waals surface area contributed by atoms with Crippen LogP contribution in [0.3, 0.4) is 0 Å². The first-order chi connectivity index (χ1) is 4.16. The lowest BCUT2D eigenvalue weighted by molar-refractivity contribution is 0.621. The van der Waals surface area contributed by atoms with Crippen molar-refractivity contribution >= 4 is 17.3 Å².